The number of hydrogen-bond acceptors (Lipinski definition) is 5. The Labute approximate surface area is 194 Å². The Morgan fingerprint density at radius 3 is 2.09 bits per heavy atom. The van der Waals surface area contributed by atoms with Crippen molar-refractivity contribution < 1.29 is 14.3 Å². The van der Waals surface area contributed by atoms with Crippen LogP contribution >= 0.6 is 0 Å². The Kier molecular flexibility index (Phi) is 6.19. The van der Waals surface area contributed by atoms with Crippen LogP contribution in [0.1, 0.15) is 15.9 Å². The zero-order valence-electron chi connectivity index (χ0n) is 18.5. The van der Waals surface area contributed by atoms with E-state index < -0.39 is 11.7 Å². The van der Waals surface area contributed by atoms with Gasteiger partial charge in [0.15, 0.2) is 0 Å². The fourth-order valence-electron chi connectivity index (χ4n) is 4.44. The standard InChI is InChI=1S/C27H27N3O3/c31-26-24-19-23(33-22-9-5-2-6-10-22)11-12-25(24)30(27(26)32)18-17-28-13-15-29(16-14-28)20-21-7-3-1-4-8-21/h1-12,19H,13-18,20H2. The van der Waals surface area contributed by atoms with Gasteiger partial charge >= 0.3 is 0 Å². The lowest BCUT2D eigenvalue weighted by Crippen LogP contribution is -2.48. The predicted octanol–water partition coefficient (Wildman–Crippen LogP) is 3.83. The second kappa shape index (κ2) is 9.57. The van der Waals surface area contributed by atoms with Crippen molar-refractivity contribution in [2.45, 2.75) is 6.54 Å². The molecule has 2 heterocycles. The molecule has 0 atom stereocenters. The number of rotatable bonds is 7. The van der Waals surface area contributed by atoms with Crippen molar-refractivity contribution in [3.05, 3.63) is 90.0 Å². The van der Waals surface area contributed by atoms with Crippen molar-refractivity contribution in [2.24, 2.45) is 0 Å². The second-order valence-corrected chi connectivity index (χ2v) is 8.48. The molecule has 168 valence electrons. The highest BCUT2D eigenvalue weighted by molar-refractivity contribution is 6.52. The van der Waals surface area contributed by atoms with Crippen LogP contribution in [0.4, 0.5) is 5.69 Å². The fourth-order valence-corrected chi connectivity index (χ4v) is 4.44. The van der Waals surface area contributed by atoms with Gasteiger partial charge < -0.3 is 9.64 Å². The number of hydrogen-bond donors (Lipinski definition) is 0. The van der Waals surface area contributed by atoms with E-state index in [1.165, 1.54) is 5.56 Å². The lowest BCUT2D eigenvalue weighted by Gasteiger charge is -2.35. The topological polar surface area (TPSA) is 53.1 Å². The molecule has 0 bridgehead atoms. The van der Waals surface area contributed by atoms with Crippen molar-refractivity contribution in [2.75, 3.05) is 44.2 Å². The lowest BCUT2D eigenvalue weighted by atomic mass is 10.1. The van der Waals surface area contributed by atoms with Crippen LogP contribution in [0, 0.1) is 0 Å². The van der Waals surface area contributed by atoms with Gasteiger partial charge in [0, 0.05) is 45.8 Å². The Morgan fingerprint density at radius 2 is 1.36 bits per heavy atom. The maximum atomic E-state index is 12.7. The first kappa shape index (κ1) is 21.4. The summed E-state index contributed by atoms with van der Waals surface area (Å²) in [7, 11) is 0. The SMILES string of the molecule is O=C1C(=O)N(CCN2CCN(Cc3ccccc3)CC2)c2ccc(Oc3ccccc3)cc21. The van der Waals surface area contributed by atoms with Gasteiger partial charge in [-0.3, -0.25) is 19.4 Å². The van der Waals surface area contributed by atoms with E-state index in [-0.39, 0.29) is 0 Å². The number of amides is 1. The molecule has 1 saturated heterocycles. The van der Waals surface area contributed by atoms with Crippen molar-refractivity contribution in [1.29, 1.82) is 0 Å². The summed E-state index contributed by atoms with van der Waals surface area (Å²) in [5, 5.41) is 0. The average molecular weight is 442 g/mol. The summed E-state index contributed by atoms with van der Waals surface area (Å²) in [6.45, 7) is 6.14. The van der Waals surface area contributed by atoms with Crippen LogP contribution in [-0.2, 0) is 11.3 Å². The molecule has 0 spiro atoms. The third kappa shape index (κ3) is 4.82. The molecule has 0 N–H and O–H groups in total. The summed E-state index contributed by atoms with van der Waals surface area (Å²) >= 11 is 0. The molecule has 5 rings (SSSR count). The number of piperazine rings is 1. The first-order valence-electron chi connectivity index (χ1n) is 11.4. The molecule has 2 aliphatic rings. The molecule has 6 nitrogen and oxygen atoms in total. The molecule has 0 saturated carbocycles. The second-order valence-electron chi connectivity index (χ2n) is 8.48. The largest absolute Gasteiger partial charge is 0.457 e. The number of benzene rings is 3. The first-order chi connectivity index (χ1) is 16.2. The van der Waals surface area contributed by atoms with Crippen LogP contribution in [-0.4, -0.2) is 60.8 Å². The van der Waals surface area contributed by atoms with Crippen LogP contribution in [0.2, 0.25) is 0 Å². The van der Waals surface area contributed by atoms with Gasteiger partial charge in [-0.2, -0.15) is 0 Å². The Balaban J connectivity index is 1.17. The predicted molar refractivity (Wildman–Crippen MR) is 128 cm³/mol. The van der Waals surface area contributed by atoms with Gasteiger partial charge in [0.2, 0.25) is 0 Å². The van der Waals surface area contributed by atoms with Gasteiger partial charge in [0.25, 0.3) is 11.7 Å². The number of anilines is 1. The number of Topliss-reactive ketones (excluding diaryl/α,β-unsaturated/α-hetero) is 1. The third-order valence-corrected chi connectivity index (χ3v) is 6.28. The summed E-state index contributed by atoms with van der Waals surface area (Å²) < 4.78 is 5.84. The number of carbonyl (C=O) groups excluding carboxylic acids is 2. The molecular weight excluding hydrogens is 414 g/mol. The summed E-state index contributed by atoms with van der Waals surface area (Å²) in [6.07, 6.45) is 0. The van der Waals surface area contributed by atoms with E-state index in [0.717, 1.165) is 39.3 Å². The minimum atomic E-state index is -0.462. The van der Waals surface area contributed by atoms with E-state index in [1.807, 2.05) is 48.5 Å². The Hall–Kier alpha value is -3.48. The van der Waals surface area contributed by atoms with Gasteiger partial charge in [-0.25, -0.2) is 0 Å². The number of nitrogens with zero attached hydrogens (tertiary/aromatic N) is 3. The molecule has 2 aliphatic heterocycles. The quantitative estimate of drug-likeness (QED) is 0.522. The highest BCUT2D eigenvalue weighted by atomic mass is 16.5. The number of ketones is 1. The van der Waals surface area contributed by atoms with E-state index in [0.29, 0.717) is 29.3 Å². The normalized spacial score (nSPS) is 16.8. The van der Waals surface area contributed by atoms with Crippen LogP contribution in [0.5, 0.6) is 11.5 Å². The van der Waals surface area contributed by atoms with Crippen molar-refractivity contribution in [3.8, 4) is 11.5 Å². The summed E-state index contributed by atoms with van der Waals surface area (Å²) in [5.41, 5.74) is 2.42. The maximum Gasteiger partial charge on any atom is 0.299 e. The monoisotopic (exact) mass is 441 g/mol. The Morgan fingerprint density at radius 1 is 0.697 bits per heavy atom. The molecule has 0 aliphatic carbocycles. The van der Waals surface area contributed by atoms with Gasteiger partial charge in [-0.05, 0) is 35.9 Å². The number of fused-ring (bicyclic) bond motifs is 1. The molecule has 33 heavy (non-hydrogen) atoms. The molecule has 3 aromatic rings. The molecule has 0 aromatic heterocycles. The summed E-state index contributed by atoms with van der Waals surface area (Å²) in [5.74, 6) is 0.329. The van der Waals surface area contributed by atoms with E-state index in [2.05, 4.69) is 34.1 Å². The molecule has 1 fully saturated rings. The maximum absolute atomic E-state index is 12.7. The lowest BCUT2D eigenvalue weighted by molar-refractivity contribution is -0.114. The van der Waals surface area contributed by atoms with E-state index in [9.17, 15) is 9.59 Å². The molecular formula is C27H27N3O3. The minimum absolute atomic E-state index is 0.418. The summed E-state index contributed by atoms with van der Waals surface area (Å²) in [6, 6.07) is 25.2. The third-order valence-electron chi connectivity index (χ3n) is 6.28. The van der Waals surface area contributed by atoms with Crippen LogP contribution in [0.25, 0.3) is 0 Å². The average Bonchev–Trinajstić information content (AvgIpc) is 3.09. The van der Waals surface area contributed by atoms with Gasteiger partial charge in [-0.1, -0.05) is 48.5 Å². The molecule has 0 unspecified atom stereocenters. The van der Waals surface area contributed by atoms with Gasteiger partial charge in [0.1, 0.15) is 11.5 Å². The van der Waals surface area contributed by atoms with Crippen LogP contribution in [0.15, 0.2) is 78.9 Å². The Bertz CT molecular complexity index is 1130. The zero-order valence-corrected chi connectivity index (χ0v) is 18.5. The van der Waals surface area contributed by atoms with Crippen molar-refractivity contribution in [1.82, 2.24) is 9.80 Å². The van der Waals surface area contributed by atoms with Crippen molar-refractivity contribution in [3.63, 3.8) is 0 Å². The zero-order chi connectivity index (χ0) is 22.6. The highest BCUT2D eigenvalue weighted by Gasteiger charge is 2.36. The summed E-state index contributed by atoms with van der Waals surface area (Å²) in [4.78, 5) is 31.7. The van der Waals surface area contributed by atoms with Gasteiger partial charge in [0.05, 0.1) is 11.3 Å². The number of carbonyl (C=O) groups is 2. The van der Waals surface area contributed by atoms with E-state index in [1.54, 1.807) is 11.0 Å². The molecule has 6 heteroatoms. The number of ether oxygens (including phenoxy) is 1. The van der Waals surface area contributed by atoms with Gasteiger partial charge in [-0.15, -0.1) is 0 Å². The molecule has 3 aromatic carbocycles. The van der Waals surface area contributed by atoms with E-state index in [4.69, 9.17) is 4.74 Å². The molecule has 0 radical (unpaired) electrons. The first-order valence-corrected chi connectivity index (χ1v) is 11.4. The smallest absolute Gasteiger partial charge is 0.299 e. The molecule has 1 amide bonds. The van der Waals surface area contributed by atoms with E-state index >= 15 is 0 Å². The number of para-hydroxylation sites is 1. The van der Waals surface area contributed by atoms with Crippen molar-refractivity contribution >= 4 is 17.4 Å². The van der Waals surface area contributed by atoms with Crippen LogP contribution in [0.3, 0.4) is 0 Å². The minimum Gasteiger partial charge on any atom is -0.457 e. The highest BCUT2D eigenvalue weighted by Crippen LogP contribution is 2.33. The fraction of sp³-hybridized carbons (Fsp3) is 0.259. The van der Waals surface area contributed by atoms with Crippen LogP contribution < -0.4 is 9.64 Å².